The maximum absolute atomic E-state index is 13.4. The van der Waals surface area contributed by atoms with Crippen molar-refractivity contribution in [2.75, 3.05) is 26.2 Å². The molecule has 2 atom stereocenters. The Hall–Kier alpha value is -1.93. The van der Waals surface area contributed by atoms with Crippen molar-refractivity contribution in [1.29, 1.82) is 0 Å². The van der Waals surface area contributed by atoms with Gasteiger partial charge in [-0.05, 0) is 56.8 Å². The van der Waals surface area contributed by atoms with Gasteiger partial charge in [0, 0.05) is 24.7 Å². The molecule has 1 N–H and O–H groups in total. The van der Waals surface area contributed by atoms with Gasteiger partial charge in [0.1, 0.15) is 11.9 Å². The summed E-state index contributed by atoms with van der Waals surface area (Å²) in [6.07, 6.45) is 5.37. The van der Waals surface area contributed by atoms with Crippen LogP contribution < -0.4 is 4.72 Å². The van der Waals surface area contributed by atoms with E-state index in [4.69, 9.17) is 0 Å². The maximum Gasteiger partial charge on any atom is 0.263 e. The summed E-state index contributed by atoms with van der Waals surface area (Å²) in [4.78, 5) is 22.8. The van der Waals surface area contributed by atoms with Gasteiger partial charge in [0.05, 0.1) is 4.90 Å². The number of nitrogens with zero attached hydrogens (tertiary/aromatic N) is 3. The number of amides is 1. The van der Waals surface area contributed by atoms with Crippen molar-refractivity contribution in [1.82, 2.24) is 14.5 Å². The molecule has 3 aliphatic heterocycles. The molecule has 0 spiro atoms. The summed E-state index contributed by atoms with van der Waals surface area (Å²) in [5.74, 6) is 0.329. The molecule has 0 bridgehead atoms. The zero-order valence-electron chi connectivity index (χ0n) is 17.9. The van der Waals surface area contributed by atoms with Crippen LogP contribution in [-0.2, 0) is 14.8 Å². The quantitative estimate of drug-likeness (QED) is 0.774. The second kappa shape index (κ2) is 8.67. The van der Waals surface area contributed by atoms with E-state index < -0.39 is 16.1 Å². The van der Waals surface area contributed by atoms with Crippen molar-refractivity contribution in [3.63, 3.8) is 0 Å². The molecule has 0 aliphatic carbocycles. The lowest BCUT2D eigenvalue weighted by Gasteiger charge is -2.38. The smallest absolute Gasteiger partial charge is 0.263 e. The van der Waals surface area contributed by atoms with Gasteiger partial charge in [-0.25, -0.2) is 8.42 Å². The molecule has 164 valence electrons. The summed E-state index contributed by atoms with van der Waals surface area (Å²) in [6.45, 7) is 7.92. The van der Waals surface area contributed by atoms with E-state index in [0.29, 0.717) is 11.6 Å². The van der Waals surface area contributed by atoms with Gasteiger partial charge in [0.2, 0.25) is 5.91 Å². The van der Waals surface area contributed by atoms with E-state index in [1.807, 2.05) is 18.7 Å². The van der Waals surface area contributed by atoms with Gasteiger partial charge in [-0.3, -0.25) is 14.5 Å². The van der Waals surface area contributed by atoms with Gasteiger partial charge < -0.3 is 9.80 Å². The number of sulfonamides is 1. The molecule has 30 heavy (non-hydrogen) atoms. The Kier molecular flexibility index (Phi) is 6.16. The number of carbonyl (C=O) groups excluding carboxylic acids is 1. The average molecular weight is 433 g/mol. The lowest BCUT2D eigenvalue weighted by molar-refractivity contribution is -0.135. The normalized spacial score (nSPS) is 25.1. The van der Waals surface area contributed by atoms with Crippen LogP contribution >= 0.6 is 0 Å². The standard InChI is InChI=1S/C22H32N4O3S/c1-3-16(2)20(23-21-18-8-4-5-9-19(18)30(28,29)24-21)22(27)26-14-10-17(11-15-26)25-12-6-7-13-25/h4-5,8-9,16-17,20H,3,6-7,10-15H2,1-2H3,(H,23,24)/t16-,20-/m0/s1. The number of likely N-dealkylation sites (tertiary alicyclic amines) is 2. The number of aliphatic imine (C=N–C) groups is 1. The molecule has 2 saturated heterocycles. The highest BCUT2D eigenvalue weighted by atomic mass is 32.2. The SMILES string of the molecule is CC[C@H](C)[C@H](N=C1NS(=O)(=O)c2ccccc21)C(=O)N1CCC(N2CCCC2)CC1. The number of amidine groups is 1. The third kappa shape index (κ3) is 4.12. The third-order valence-corrected chi connectivity index (χ3v) is 8.20. The first-order valence-electron chi connectivity index (χ1n) is 11.1. The van der Waals surface area contributed by atoms with Crippen molar-refractivity contribution in [2.24, 2.45) is 10.9 Å². The van der Waals surface area contributed by atoms with Gasteiger partial charge in [0.15, 0.2) is 0 Å². The average Bonchev–Trinajstić information content (AvgIpc) is 3.38. The number of nitrogens with one attached hydrogen (secondary N) is 1. The summed E-state index contributed by atoms with van der Waals surface area (Å²) >= 11 is 0. The highest BCUT2D eigenvalue weighted by Crippen LogP contribution is 2.26. The minimum atomic E-state index is -3.61. The summed E-state index contributed by atoms with van der Waals surface area (Å²) in [5.41, 5.74) is 0.548. The number of rotatable bonds is 5. The topological polar surface area (TPSA) is 82.1 Å². The number of fused-ring (bicyclic) bond motifs is 1. The molecule has 0 aromatic heterocycles. The molecule has 1 aromatic rings. The Morgan fingerprint density at radius 2 is 1.83 bits per heavy atom. The van der Waals surface area contributed by atoms with Crippen LogP contribution in [0.4, 0.5) is 0 Å². The molecule has 0 unspecified atom stereocenters. The number of carbonyl (C=O) groups is 1. The number of hydrogen-bond donors (Lipinski definition) is 1. The Morgan fingerprint density at radius 1 is 1.17 bits per heavy atom. The first kappa shape index (κ1) is 21.3. The fourth-order valence-electron chi connectivity index (χ4n) is 4.76. The van der Waals surface area contributed by atoms with Crippen LogP contribution in [0.5, 0.6) is 0 Å². The van der Waals surface area contributed by atoms with Crippen molar-refractivity contribution >= 4 is 21.8 Å². The van der Waals surface area contributed by atoms with Gasteiger partial charge >= 0.3 is 0 Å². The highest BCUT2D eigenvalue weighted by molar-refractivity contribution is 7.90. The van der Waals surface area contributed by atoms with Crippen molar-refractivity contribution in [3.8, 4) is 0 Å². The molecule has 1 aromatic carbocycles. The molecule has 8 heteroatoms. The fourth-order valence-corrected chi connectivity index (χ4v) is 6.00. The summed E-state index contributed by atoms with van der Waals surface area (Å²) in [5, 5.41) is 0. The number of hydrogen-bond acceptors (Lipinski definition) is 5. The van der Waals surface area contributed by atoms with Gasteiger partial charge in [-0.1, -0.05) is 32.4 Å². The minimum absolute atomic E-state index is 0.0142. The summed E-state index contributed by atoms with van der Waals surface area (Å²) in [7, 11) is -3.61. The molecule has 0 saturated carbocycles. The van der Waals surface area contributed by atoms with E-state index in [2.05, 4.69) is 14.6 Å². The van der Waals surface area contributed by atoms with Gasteiger partial charge in [-0.15, -0.1) is 0 Å². The highest BCUT2D eigenvalue weighted by Gasteiger charge is 2.36. The monoisotopic (exact) mass is 432 g/mol. The predicted octanol–water partition coefficient (Wildman–Crippen LogP) is 2.23. The molecule has 4 rings (SSSR count). The van der Waals surface area contributed by atoms with E-state index in [1.54, 1.807) is 24.3 Å². The minimum Gasteiger partial charge on any atom is -0.341 e. The molecule has 3 heterocycles. The Bertz CT molecular complexity index is 916. The van der Waals surface area contributed by atoms with Crippen LogP contribution in [0.25, 0.3) is 0 Å². The molecule has 1 amide bonds. The fraction of sp³-hybridized carbons (Fsp3) is 0.636. The third-order valence-electron chi connectivity index (χ3n) is 6.80. The first-order chi connectivity index (χ1) is 14.4. The lowest BCUT2D eigenvalue weighted by atomic mass is 9.96. The maximum atomic E-state index is 13.4. The number of benzene rings is 1. The van der Waals surface area contributed by atoms with Gasteiger partial charge in [-0.2, -0.15) is 0 Å². The number of piperidine rings is 1. The van der Waals surface area contributed by atoms with E-state index in [1.165, 1.54) is 25.9 Å². The van der Waals surface area contributed by atoms with Crippen molar-refractivity contribution in [2.45, 2.75) is 62.9 Å². The molecular weight excluding hydrogens is 400 g/mol. The van der Waals surface area contributed by atoms with Crippen LogP contribution in [0, 0.1) is 5.92 Å². The Balaban J connectivity index is 1.52. The van der Waals surface area contributed by atoms with E-state index >= 15 is 0 Å². The van der Waals surface area contributed by atoms with Gasteiger partial charge in [0.25, 0.3) is 10.0 Å². The second-order valence-electron chi connectivity index (χ2n) is 8.71. The summed E-state index contributed by atoms with van der Waals surface area (Å²) in [6, 6.07) is 6.80. The van der Waals surface area contributed by atoms with E-state index in [-0.39, 0.29) is 22.6 Å². The Morgan fingerprint density at radius 3 is 2.50 bits per heavy atom. The van der Waals surface area contributed by atoms with Crippen LogP contribution in [0.3, 0.4) is 0 Å². The Labute approximate surface area is 179 Å². The zero-order valence-corrected chi connectivity index (χ0v) is 18.7. The van der Waals surface area contributed by atoms with E-state index in [9.17, 15) is 13.2 Å². The molecule has 0 radical (unpaired) electrons. The van der Waals surface area contributed by atoms with Crippen LogP contribution in [0.1, 0.15) is 51.5 Å². The largest absolute Gasteiger partial charge is 0.341 e. The first-order valence-corrected chi connectivity index (χ1v) is 12.6. The van der Waals surface area contributed by atoms with Crippen molar-refractivity contribution in [3.05, 3.63) is 29.8 Å². The molecule has 2 fully saturated rings. The summed E-state index contributed by atoms with van der Waals surface area (Å²) < 4.78 is 27.4. The molecular formula is C22H32N4O3S. The van der Waals surface area contributed by atoms with E-state index in [0.717, 1.165) is 32.4 Å². The van der Waals surface area contributed by atoms with Crippen LogP contribution in [0.15, 0.2) is 34.2 Å². The molecule has 3 aliphatic rings. The van der Waals surface area contributed by atoms with Crippen molar-refractivity contribution < 1.29 is 13.2 Å². The zero-order chi connectivity index (χ0) is 21.3. The molecule has 7 nitrogen and oxygen atoms in total. The van der Waals surface area contributed by atoms with Crippen LogP contribution in [0.2, 0.25) is 0 Å². The predicted molar refractivity (Wildman–Crippen MR) is 117 cm³/mol. The lowest BCUT2D eigenvalue weighted by Crippen LogP contribution is -2.49. The second-order valence-corrected chi connectivity index (χ2v) is 10.4. The van der Waals surface area contributed by atoms with Crippen LogP contribution in [-0.4, -0.2) is 68.2 Å².